The lowest BCUT2D eigenvalue weighted by molar-refractivity contribution is 0.113. The third kappa shape index (κ3) is 5.12. The van der Waals surface area contributed by atoms with Gasteiger partial charge in [-0.2, -0.15) is 0 Å². The Morgan fingerprint density at radius 2 is 1.47 bits per heavy atom. The molecule has 0 radical (unpaired) electrons. The summed E-state index contributed by atoms with van der Waals surface area (Å²) in [6, 6.07) is 8.13. The van der Waals surface area contributed by atoms with Gasteiger partial charge in [0.2, 0.25) is 11.2 Å². The molecule has 2 fully saturated rings. The summed E-state index contributed by atoms with van der Waals surface area (Å²) in [7, 11) is 0. The predicted molar refractivity (Wildman–Crippen MR) is 118 cm³/mol. The van der Waals surface area contributed by atoms with Crippen LogP contribution in [-0.4, -0.2) is 59.1 Å². The fraction of sp³-hybridized carbons (Fsp3) is 0.542. The van der Waals surface area contributed by atoms with Gasteiger partial charge in [0.15, 0.2) is 5.76 Å². The Kier molecular flexibility index (Phi) is 6.56. The number of likely N-dealkylation sites (tertiary alicyclic amines) is 1. The minimum absolute atomic E-state index is 0.238. The highest BCUT2D eigenvalue weighted by atomic mass is 16.4. The van der Waals surface area contributed by atoms with E-state index in [4.69, 9.17) is 4.42 Å². The van der Waals surface area contributed by atoms with Crippen molar-refractivity contribution in [2.45, 2.75) is 46.3 Å². The van der Waals surface area contributed by atoms with E-state index < -0.39 is 0 Å². The van der Waals surface area contributed by atoms with Crippen molar-refractivity contribution in [3.8, 4) is 5.75 Å². The van der Waals surface area contributed by atoms with E-state index in [2.05, 4.69) is 46.7 Å². The molecule has 0 amide bonds. The lowest BCUT2D eigenvalue weighted by Crippen LogP contribution is -2.45. The van der Waals surface area contributed by atoms with Crippen molar-refractivity contribution in [2.24, 2.45) is 0 Å². The van der Waals surface area contributed by atoms with Crippen LogP contribution < -0.4 is 5.43 Å². The van der Waals surface area contributed by atoms with E-state index in [1.807, 2.05) is 0 Å². The number of piperazine rings is 1. The largest absolute Gasteiger partial charge is 0.502 e. The van der Waals surface area contributed by atoms with E-state index in [-0.39, 0.29) is 11.2 Å². The lowest BCUT2D eigenvalue weighted by Gasteiger charge is -2.34. The van der Waals surface area contributed by atoms with E-state index in [0.29, 0.717) is 24.6 Å². The highest BCUT2D eigenvalue weighted by molar-refractivity contribution is 5.30. The van der Waals surface area contributed by atoms with Gasteiger partial charge in [0, 0.05) is 38.8 Å². The Labute approximate surface area is 178 Å². The van der Waals surface area contributed by atoms with Gasteiger partial charge in [-0.15, -0.1) is 0 Å². The first-order chi connectivity index (χ1) is 14.5. The van der Waals surface area contributed by atoms with Crippen molar-refractivity contribution >= 4 is 0 Å². The Hall–Kier alpha value is -2.15. The SMILES string of the molecule is Cc1ccc(CN2CCN(Cc3oc(CN4CCCC4)cc(=O)c3O)CC2)cc1C. The van der Waals surface area contributed by atoms with Crippen LogP contribution in [0, 0.1) is 13.8 Å². The monoisotopic (exact) mass is 411 g/mol. The van der Waals surface area contributed by atoms with Gasteiger partial charge in [-0.25, -0.2) is 0 Å². The molecule has 2 aromatic rings. The molecule has 3 heterocycles. The molecule has 2 aliphatic heterocycles. The Morgan fingerprint density at radius 3 is 2.13 bits per heavy atom. The van der Waals surface area contributed by atoms with Crippen molar-refractivity contribution in [3.63, 3.8) is 0 Å². The summed E-state index contributed by atoms with van der Waals surface area (Å²) in [6.45, 7) is 12.2. The topological polar surface area (TPSA) is 60.2 Å². The van der Waals surface area contributed by atoms with Gasteiger partial charge in [0.1, 0.15) is 5.76 Å². The van der Waals surface area contributed by atoms with Gasteiger partial charge in [-0.05, 0) is 56.5 Å². The number of benzene rings is 1. The first kappa shape index (κ1) is 21.1. The van der Waals surface area contributed by atoms with Crippen LogP contribution >= 0.6 is 0 Å². The molecule has 0 spiro atoms. The van der Waals surface area contributed by atoms with Crippen molar-refractivity contribution in [3.05, 3.63) is 62.7 Å². The quantitative estimate of drug-likeness (QED) is 0.789. The zero-order chi connectivity index (χ0) is 21.1. The number of rotatable bonds is 6. The zero-order valence-corrected chi connectivity index (χ0v) is 18.2. The molecule has 0 unspecified atom stereocenters. The smallest absolute Gasteiger partial charge is 0.227 e. The van der Waals surface area contributed by atoms with Gasteiger partial charge >= 0.3 is 0 Å². The van der Waals surface area contributed by atoms with Crippen LogP contribution in [0.3, 0.4) is 0 Å². The molecule has 1 N–H and O–H groups in total. The Morgan fingerprint density at radius 1 is 0.833 bits per heavy atom. The summed E-state index contributed by atoms with van der Waals surface area (Å²) < 4.78 is 5.95. The predicted octanol–water partition coefficient (Wildman–Crippen LogP) is 2.88. The second kappa shape index (κ2) is 9.33. The molecule has 6 heteroatoms. The maximum absolute atomic E-state index is 12.2. The molecule has 1 aromatic heterocycles. The highest BCUT2D eigenvalue weighted by Crippen LogP contribution is 2.20. The molecule has 2 saturated heterocycles. The van der Waals surface area contributed by atoms with Gasteiger partial charge in [-0.3, -0.25) is 19.5 Å². The highest BCUT2D eigenvalue weighted by Gasteiger charge is 2.21. The molecule has 0 atom stereocenters. The van der Waals surface area contributed by atoms with Crippen LogP contribution in [0.2, 0.25) is 0 Å². The maximum atomic E-state index is 12.2. The molecule has 6 nitrogen and oxygen atoms in total. The maximum Gasteiger partial charge on any atom is 0.227 e. The summed E-state index contributed by atoms with van der Waals surface area (Å²) in [4.78, 5) is 19.2. The molecule has 162 valence electrons. The molecule has 0 bridgehead atoms. The van der Waals surface area contributed by atoms with E-state index >= 15 is 0 Å². The standard InChI is InChI=1S/C24H33N3O3/c1-18-5-6-20(13-19(18)2)15-26-9-11-27(12-10-26)17-23-24(29)22(28)14-21(30-23)16-25-7-3-4-8-25/h5-6,13-14,29H,3-4,7-12,15-17H2,1-2H3. The molecule has 1 aromatic carbocycles. The van der Waals surface area contributed by atoms with Crippen LogP contribution in [0.4, 0.5) is 0 Å². The van der Waals surface area contributed by atoms with Gasteiger partial charge in [0.25, 0.3) is 0 Å². The summed E-state index contributed by atoms with van der Waals surface area (Å²) in [6.07, 6.45) is 2.39. The fourth-order valence-electron chi connectivity index (χ4n) is 4.40. The van der Waals surface area contributed by atoms with E-state index in [0.717, 1.165) is 45.8 Å². The molecular formula is C24H33N3O3. The number of aromatic hydroxyl groups is 1. The first-order valence-corrected chi connectivity index (χ1v) is 11.1. The average Bonchev–Trinajstić information content (AvgIpc) is 3.23. The molecule has 0 aliphatic carbocycles. The van der Waals surface area contributed by atoms with E-state index in [1.54, 1.807) is 0 Å². The zero-order valence-electron chi connectivity index (χ0n) is 18.2. The number of hydrogen-bond donors (Lipinski definition) is 1. The molecule has 2 aliphatic rings. The number of aryl methyl sites for hydroxylation is 2. The van der Waals surface area contributed by atoms with Gasteiger partial charge in [0.05, 0.1) is 13.1 Å². The van der Waals surface area contributed by atoms with Gasteiger partial charge < -0.3 is 9.52 Å². The van der Waals surface area contributed by atoms with E-state index in [1.165, 1.54) is 35.6 Å². The van der Waals surface area contributed by atoms with Gasteiger partial charge in [-0.1, -0.05) is 18.2 Å². The van der Waals surface area contributed by atoms with Crippen LogP contribution in [0.25, 0.3) is 0 Å². The Bertz CT molecular complexity index is 926. The van der Waals surface area contributed by atoms with Crippen molar-refractivity contribution < 1.29 is 9.52 Å². The van der Waals surface area contributed by atoms with Crippen molar-refractivity contribution in [1.29, 1.82) is 0 Å². The lowest BCUT2D eigenvalue weighted by atomic mass is 10.1. The molecular weight excluding hydrogens is 378 g/mol. The third-order valence-electron chi connectivity index (χ3n) is 6.43. The summed E-state index contributed by atoms with van der Waals surface area (Å²) >= 11 is 0. The third-order valence-corrected chi connectivity index (χ3v) is 6.43. The van der Waals surface area contributed by atoms with Crippen LogP contribution in [-0.2, 0) is 19.6 Å². The molecule has 0 saturated carbocycles. The summed E-state index contributed by atoms with van der Waals surface area (Å²) in [5.74, 6) is 0.820. The normalized spacial score (nSPS) is 18.9. The van der Waals surface area contributed by atoms with Crippen LogP contribution in [0.5, 0.6) is 5.75 Å². The second-order valence-corrected chi connectivity index (χ2v) is 8.80. The fourth-order valence-corrected chi connectivity index (χ4v) is 4.40. The molecule has 30 heavy (non-hydrogen) atoms. The second-order valence-electron chi connectivity index (χ2n) is 8.80. The first-order valence-electron chi connectivity index (χ1n) is 11.1. The van der Waals surface area contributed by atoms with Crippen molar-refractivity contribution in [1.82, 2.24) is 14.7 Å². The minimum Gasteiger partial charge on any atom is -0.502 e. The van der Waals surface area contributed by atoms with Crippen LogP contribution in [0.1, 0.15) is 41.1 Å². The van der Waals surface area contributed by atoms with Crippen molar-refractivity contribution in [2.75, 3.05) is 39.3 Å². The minimum atomic E-state index is -0.334. The van der Waals surface area contributed by atoms with E-state index in [9.17, 15) is 9.90 Å². The average molecular weight is 412 g/mol. The summed E-state index contributed by atoms with van der Waals surface area (Å²) in [5.41, 5.74) is 3.69. The van der Waals surface area contributed by atoms with Crippen LogP contribution in [0.15, 0.2) is 33.5 Å². The number of hydrogen-bond acceptors (Lipinski definition) is 6. The molecule has 4 rings (SSSR count). The number of nitrogens with zero attached hydrogens (tertiary/aromatic N) is 3. The Balaban J connectivity index is 1.34. The summed E-state index contributed by atoms with van der Waals surface area (Å²) in [5, 5.41) is 10.3.